The molecule has 13 nitrogen and oxygen atoms in total. The lowest BCUT2D eigenvalue weighted by Crippen LogP contribution is -2.48. The van der Waals surface area contributed by atoms with Crippen LogP contribution < -0.4 is 10.4 Å². The average Bonchev–Trinajstić information content (AvgIpc) is 3.75. The van der Waals surface area contributed by atoms with Crippen molar-refractivity contribution in [3.05, 3.63) is 83.9 Å². The first-order chi connectivity index (χ1) is 23.7. The van der Waals surface area contributed by atoms with Gasteiger partial charge >= 0.3 is 7.12 Å². The van der Waals surface area contributed by atoms with Gasteiger partial charge in [0.25, 0.3) is 0 Å². The number of piperazine rings is 1. The number of aliphatic hydroxyl groups is 3. The van der Waals surface area contributed by atoms with E-state index < -0.39 is 44.4 Å². The Morgan fingerprint density at radius 2 is 1.80 bits per heavy atom. The minimum atomic E-state index is -1.61. The van der Waals surface area contributed by atoms with Crippen LogP contribution in [0.2, 0.25) is 0 Å². The SMILES string of the molecule is CN1CCN(CC(=O)N(C)c2ccc(N=C(c3ccccc3)c3c(O)[nH]c4cc(B5O[C@H]6[C@H](O)[C@@H](CO)O[C@]6(CO)O5)ccc34)cc2)CC1. The normalized spacial score (nSPS) is 24.9. The summed E-state index contributed by atoms with van der Waals surface area (Å²) in [5.74, 6) is -1.66. The molecule has 0 aliphatic carbocycles. The molecule has 3 aliphatic rings. The maximum Gasteiger partial charge on any atom is 0.496 e. The predicted molar refractivity (Wildman–Crippen MR) is 185 cm³/mol. The molecule has 1 amide bonds. The molecule has 256 valence electrons. The van der Waals surface area contributed by atoms with E-state index in [1.165, 1.54) is 0 Å². The number of aromatic hydroxyl groups is 1. The van der Waals surface area contributed by atoms with Gasteiger partial charge < -0.3 is 49.3 Å². The van der Waals surface area contributed by atoms with Crippen LogP contribution in [0.4, 0.5) is 11.4 Å². The summed E-state index contributed by atoms with van der Waals surface area (Å²) in [5.41, 5.74) is 4.38. The molecule has 3 aliphatic heterocycles. The summed E-state index contributed by atoms with van der Waals surface area (Å²) in [6.45, 7) is 2.98. The summed E-state index contributed by atoms with van der Waals surface area (Å²) in [4.78, 5) is 27.2. The third kappa shape index (κ3) is 6.38. The van der Waals surface area contributed by atoms with Gasteiger partial charge in [-0.25, -0.2) is 4.99 Å². The average molecular weight is 670 g/mol. The molecule has 0 unspecified atom stereocenters. The number of carbonyl (C=O) groups excluding carboxylic acids is 1. The van der Waals surface area contributed by atoms with E-state index >= 15 is 0 Å². The highest BCUT2D eigenvalue weighted by Gasteiger charge is 2.63. The number of aliphatic hydroxyl groups excluding tert-OH is 3. The van der Waals surface area contributed by atoms with Gasteiger partial charge in [0, 0.05) is 55.4 Å². The van der Waals surface area contributed by atoms with E-state index in [1.54, 1.807) is 24.1 Å². The van der Waals surface area contributed by atoms with Crippen LogP contribution in [-0.2, 0) is 18.8 Å². The van der Waals surface area contributed by atoms with Gasteiger partial charge in [0.15, 0.2) is 5.88 Å². The van der Waals surface area contributed by atoms with E-state index in [1.807, 2.05) is 60.7 Å². The Labute approximate surface area is 284 Å². The van der Waals surface area contributed by atoms with E-state index in [0.29, 0.717) is 39.9 Å². The highest BCUT2D eigenvalue weighted by atomic mass is 16.8. The number of hydrogen-bond donors (Lipinski definition) is 5. The van der Waals surface area contributed by atoms with Gasteiger partial charge in [0.1, 0.15) is 18.3 Å². The molecule has 0 bridgehead atoms. The number of hydrogen-bond acceptors (Lipinski definition) is 11. The van der Waals surface area contributed by atoms with Gasteiger partial charge in [-0.3, -0.25) is 9.69 Å². The van der Waals surface area contributed by atoms with Crippen LogP contribution in [-0.4, -0.2) is 138 Å². The van der Waals surface area contributed by atoms with Crippen molar-refractivity contribution in [1.29, 1.82) is 0 Å². The molecule has 0 radical (unpaired) electrons. The van der Waals surface area contributed by atoms with Gasteiger partial charge in [-0.2, -0.15) is 0 Å². The van der Waals surface area contributed by atoms with Crippen LogP contribution in [0, 0.1) is 0 Å². The molecule has 1 aromatic heterocycles. The number of aromatic amines is 1. The number of aliphatic imine (C=N–C) groups is 1. The van der Waals surface area contributed by atoms with Crippen molar-refractivity contribution in [2.24, 2.45) is 4.99 Å². The van der Waals surface area contributed by atoms with Gasteiger partial charge in [-0.1, -0.05) is 42.5 Å². The molecule has 0 saturated carbocycles. The summed E-state index contributed by atoms with van der Waals surface area (Å²) in [6.07, 6.45) is -3.12. The largest absolute Gasteiger partial charge is 0.496 e. The van der Waals surface area contributed by atoms with Crippen molar-refractivity contribution in [3.8, 4) is 5.88 Å². The summed E-state index contributed by atoms with van der Waals surface area (Å²) in [7, 11) is 2.90. The third-order valence-electron chi connectivity index (χ3n) is 9.62. The van der Waals surface area contributed by atoms with E-state index in [4.69, 9.17) is 19.0 Å². The summed E-state index contributed by atoms with van der Waals surface area (Å²) >= 11 is 0. The molecule has 0 spiro atoms. The van der Waals surface area contributed by atoms with Crippen molar-refractivity contribution in [3.63, 3.8) is 0 Å². The number of carbonyl (C=O) groups is 1. The summed E-state index contributed by atoms with van der Waals surface area (Å²) in [5, 5.41) is 42.1. The van der Waals surface area contributed by atoms with E-state index in [-0.39, 0.29) is 11.8 Å². The number of anilines is 1. The summed E-state index contributed by atoms with van der Waals surface area (Å²) < 4.78 is 17.6. The first-order valence-corrected chi connectivity index (χ1v) is 16.4. The molecule has 3 aromatic carbocycles. The van der Waals surface area contributed by atoms with Crippen molar-refractivity contribution in [2.75, 3.05) is 64.9 Å². The number of nitrogens with zero attached hydrogens (tertiary/aromatic N) is 4. The highest BCUT2D eigenvalue weighted by Crippen LogP contribution is 2.40. The number of H-pyrrole nitrogens is 1. The second-order valence-corrected chi connectivity index (χ2v) is 12.8. The number of amides is 1. The lowest BCUT2D eigenvalue weighted by molar-refractivity contribution is -0.202. The van der Waals surface area contributed by atoms with Crippen molar-refractivity contribution in [1.82, 2.24) is 14.8 Å². The number of rotatable bonds is 9. The topological polar surface area (TPSA) is 164 Å². The minimum absolute atomic E-state index is 0.0232. The monoisotopic (exact) mass is 669 g/mol. The van der Waals surface area contributed by atoms with E-state index in [0.717, 1.165) is 37.4 Å². The van der Waals surface area contributed by atoms with Crippen molar-refractivity contribution < 1.29 is 39.3 Å². The second kappa shape index (κ2) is 13.7. The van der Waals surface area contributed by atoms with Crippen LogP contribution in [0.1, 0.15) is 11.1 Å². The maximum absolute atomic E-state index is 13.0. The molecule has 3 fully saturated rings. The number of benzene rings is 3. The minimum Gasteiger partial charge on any atom is -0.494 e. The fraction of sp³-hybridized carbons (Fsp3) is 0.371. The quantitative estimate of drug-likeness (QED) is 0.127. The highest BCUT2D eigenvalue weighted by molar-refractivity contribution is 6.62. The summed E-state index contributed by atoms with van der Waals surface area (Å²) in [6, 6.07) is 22.3. The zero-order valence-electron chi connectivity index (χ0n) is 27.4. The lowest BCUT2D eigenvalue weighted by atomic mass is 9.78. The molecule has 4 heterocycles. The Bertz CT molecular complexity index is 1830. The number of aromatic nitrogens is 1. The molecule has 4 aromatic rings. The van der Waals surface area contributed by atoms with E-state index in [2.05, 4.69) is 21.8 Å². The van der Waals surface area contributed by atoms with Crippen LogP contribution in [0.3, 0.4) is 0 Å². The Hall–Kier alpha value is -4.12. The molecule has 5 N–H and O–H groups in total. The van der Waals surface area contributed by atoms with Crippen LogP contribution in [0.15, 0.2) is 77.8 Å². The molecule has 14 heteroatoms. The van der Waals surface area contributed by atoms with Gasteiger partial charge in [-0.15, -0.1) is 0 Å². The zero-order valence-corrected chi connectivity index (χ0v) is 27.4. The fourth-order valence-electron chi connectivity index (χ4n) is 6.70. The molecular formula is C35H40BN5O8. The Morgan fingerprint density at radius 1 is 1.06 bits per heavy atom. The number of ether oxygens (including phenoxy) is 1. The van der Waals surface area contributed by atoms with Crippen LogP contribution in [0.25, 0.3) is 10.9 Å². The Kier molecular flexibility index (Phi) is 9.30. The third-order valence-corrected chi connectivity index (χ3v) is 9.62. The smallest absolute Gasteiger partial charge is 0.494 e. The molecule has 49 heavy (non-hydrogen) atoms. The number of likely N-dealkylation sites (N-methyl/N-ethyl adjacent to an activating group) is 2. The first-order valence-electron chi connectivity index (χ1n) is 16.4. The van der Waals surface area contributed by atoms with Gasteiger partial charge in [0.2, 0.25) is 11.7 Å². The maximum atomic E-state index is 13.0. The predicted octanol–water partition coefficient (Wildman–Crippen LogP) is 0.804. The first kappa shape index (κ1) is 33.4. The zero-order chi connectivity index (χ0) is 34.3. The standard InChI is InChI=1S/C35H40BN5O8/c1-39-14-16-41(17-15-39)19-29(44)40(2)25-11-9-24(10-12-25)37-31(22-6-4-3-5-7-22)30-26-13-8-23(18-27(26)38-34(30)46)36-48-33-32(45)28(20-42)47-35(33,21-43)49-36/h3-13,18,28,32-33,38,42-43,45-46H,14-17,19-21H2,1-2H3/t28-,32-,33+,35-/m1/s1. The second-order valence-electron chi connectivity index (χ2n) is 12.8. The van der Waals surface area contributed by atoms with Crippen molar-refractivity contribution in [2.45, 2.75) is 24.1 Å². The molecule has 7 rings (SSSR count). The van der Waals surface area contributed by atoms with Crippen LogP contribution in [0.5, 0.6) is 5.88 Å². The van der Waals surface area contributed by atoms with Crippen LogP contribution >= 0.6 is 0 Å². The lowest BCUT2D eigenvalue weighted by Gasteiger charge is -2.32. The number of fused-ring (bicyclic) bond motifs is 2. The molecular weight excluding hydrogens is 629 g/mol. The van der Waals surface area contributed by atoms with Gasteiger partial charge in [0.05, 0.1) is 36.7 Å². The Morgan fingerprint density at radius 3 is 2.47 bits per heavy atom. The van der Waals surface area contributed by atoms with E-state index in [9.17, 15) is 25.2 Å². The number of nitrogens with one attached hydrogen (secondary N) is 1. The fourth-order valence-corrected chi connectivity index (χ4v) is 6.70. The Balaban J connectivity index is 1.15. The van der Waals surface area contributed by atoms with Gasteiger partial charge in [-0.05, 0) is 42.8 Å². The van der Waals surface area contributed by atoms with Crippen molar-refractivity contribution >= 4 is 46.5 Å². The molecule has 3 saturated heterocycles. The molecule has 4 atom stereocenters.